The third-order valence-corrected chi connectivity index (χ3v) is 4.89. The smallest absolute Gasteiger partial charge is 0.234 e. The van der Waals surface area contributed by atoms with E-state index in [1.807, 2.05) is 36.4 Å². The molecule has 20 heavy (non-hydrogen) atoms. The summed E-state index contributed by atoms with van der Waals surface area (Å²) in [6.07, 6.45) is 0.813. The molecule has 1 aliphatic rings. The fourth-order valence-corrected chi connectivity index (χ4v) is 3.58. The second-order valence-corrected chi connectivity index (χ2v) is 6.44. The summed E-state index contributed by atoms with van der Waals surface area (Å²) in [5.41, 5.74) is 2.33. The van der Waals surface area contributed by atoms with Gasteiger partial charge in [0.1, 0.15) is 0 Å². The van der Waals surface area contributed by atoms with Crippen LogP contribution in [0.15, 0.2) is 53.4 Å². The molecule has 0 saturated heterocycles. The van der Waals surface area contributed by atoms with E-state index in [4.69, 9.17) is 11.6 Å². The second-order valence-electron chi connectivity index (χ2n) is 4.76. The fourth-order valence-electron chi connectivity index (χ4n) is 2.23. The molecule has 2 aromatic rings. The highest BCUT2D eigenvalue weighted by Crippen LogP contribution is 2.36. The first-order valence-corrected chi connectivity index (χ1v) is 7.75. The minimum absolute atomic E-state index is 0.0142. The molecule has 1 aliphatic heterocycles. The molecule has 102 valence electrons. The Labute approximate surface area is 127 Å². The summed E-state index contributed by atoms with van der Waals surface area (Å²) in [5, 5.41) is 3.69. The van der Waals surface area contributed by atoms with Gasteiger partial charge in [0.2, 0.25) is 5.91 Å². The van der Waals surface area contributed by atoms with Crippen LogP contribution in [0, 0.1) is 0 Å². The monoisotopic (exact) mass is 303 g/mol. The van der Waals surface area contributed by atoms with E-state index < -0.39 is 0 Å². The molecule has 4 heteroatoms. The Kier molecular flexibility index (Phi) is 3.99. The van der Waals surface area contributed by atoms with Gasteiger partial charge in [0.05, 0.1) is 5.25 Å². The van der Waals surface area contributed by atoms with E-state index >= 15 is 0 Å². The fraction of sp³-hybridized carbons (Fsp3) is 0.188. The summed E-state index contributed by atoms with van der Waals surface area (Å²) in [6, 6.07) is 15.7. The SMILES string of the molecule is O=C(NCc1ccc(Cl)cc1)C1Cc2ccccc2S1. The van der Waals surface area contributed by atoms with E-state index in [0.717, 1.165) is 12.0 Å². The lowest BCUT2D eigenvalue weighted by Crippen LogP contribution is -2.31. The molecule has 0 bridgehead atoms. The van der Waals surface area contributed by atoms with Crippen LogP contribution in [0.4, 0.5) is 0 Å². The molecular weight excluding hydrogens is 290 g/mol. The van der Waals surface area contributed by atoms with Crippen LogP contribution < -0.4 is 5.32 Å². The van der Waals surface area contributed by atoms with Gasteiger partial charge >= 0.3 is 0 Å². The standard InChI is InChI=1S/C16H14ClNOS/c17-13-7-5-11(6-8-13)10-18-16(19)15-9-12-3-1-2-4-14(12)20-15/h1-8,15H,9-10H2,(H,18,19). The van der Waals surface area contributed by atoms with Crippen molar-refractivity contribution < 1.29 is 4.79 Å². The first kappa shape index (κ1) is 13.5. The second kappa shape index (κ2) is 5.90. The topological polar surface area (TPSA) is 29.1 Å². The normalized spacial score (nSPS) is 16.8. The lowest BCUT2D eigenvalue weighted by Gasteiger charge is -2.10. The Bertz CT molecular complexity index is 602. The van der Waals surface area contributed by atoms with Crippen LogP contribution in [-0.2, 0) is 17.8 Å². The maximum absolute atomic E-state index is 12.2. The number of amides is 1. The molecule has 1 N–H and O–H groups in total. The Morgan fingerprint density at radius 3 is 2.70 bits per heavy atom. The third-order valence-electron chi connectivity index (χ3n) is 3.32. The molecule has 3 rings (SSSR count). The van der Waals surface area contributed by atoms with Gasteiger partial charge in [-0.05, 0) is 35.7 Å². The lowest BCUT2D eigenvalue weighted by molar-refractivity contribution is -0.120. The van der Waals surface area contributed by atoms with Gasteiger partial charge in [-0.1, -0.05) is 41.9 Å². The number of rotatable bonds is 3. The average molecular weight is 304 g/mol. The van der Waals surface area contributed by atoms with Crippen molar-refractivity contribution in [2.45, 2.75) is 23.1 Å². The summed E-state index contributed by atoms with van der Waals surface area (Å²) in [7, 11) is 0. The molecular formula is C16H14ClNOS. The predicted molar refractivity (Wildman–Crippen MR) is 83.1 cm³/mol. The molecule has 0 radical (unpaired) electrons. The van der Waals surface area contributed by atoms with Gasteiger partial charge in [0.15, 0.2) is 0 Å². The molecule has 2 nitrogen and oxygen atoms in total. The van der Waals surface area contributed by atoms with E-state index in [1.165, 1.54) is 10.5 Å². The van der Waals surface area contributed by atoms with Gasteiger partial charge in [-0.2, -0.15) is 0 Å². The van der Waals surface area contributed by atoms with Crippen LogP contribution in [0.5, 0.6) is 0 Å². The van der Waals surface area contributed by atoms with Crippen molar-refractivity contribution in [1.82, 2.24) is 5.32 Å². The summed E-state index contributed by atoms with van der Waals surface area (Å²) >= 11 is 7.49. The van der Waals surface area contributed by atoms with Crippen molar-refractivity contribution in [3.63, 3.8) is 0 Å². The van der Waals surface area contributed by atoms with E-state index in [0.29, 0.717) is 11.6 Å². The Morgan fingerprint density at radius 2 is 1.95 bits per heavy atom. The summed E-state index contributed by atoms with van der Waals surface area (Å²) in [5.74, 6) is 0.0983. The number of thioether (sulfide) groups is 1. The average Bonchev–Trinajstić information content (AvgIpc) is 2.90. The van der Waals surface area contributed by atoms with Gasteiger partial charge in [-0.15, -0.1) is 11.8 Å². The van der Waals surface area contributed by atoms with Gasteiger partial charge in [0.25, 0.3) is 0 Å². The zero-order valence-electron chi connectivity index (χ0n) is 10.8. The first-order chi connectivity index (χ1) is 9.72. The molecule has 1 unspecified atom stereocenters. The quantitative estimate of drug-likeness (QED) is 0.937. The van der Waals surface area contributed by atoms with Crippen molar-refractivity contribution in [2.24, 2.45) is 0 Å². The van der Waals surface area contributed by atoms with Crippen LogP contribution in [0.3, 0.4) is 0 Å². The summed E-state index contributed by atoms with van der Waals surface area (Å²) in [6.45, 7) is 0.545. The van der Waals surface area contributed by atoms with E-state index in [2.05, 4.69) is 17.4 Å². The molecule has 0 spiro atoms. The molecule has 1 atom stereocenters. The summed E-state index contributed by atoms with van der Waals surface area (Å²) in [4.78, 5) is 13.4. The largest absolute Gasteiger partial charge is 0.351 e. The predicted octanol–water partition coefficient (Wildman–Crippen LogP) is 3.67. The molecule has 0 saturated carbocycles. The maximum atomic E-state index is 12.2. The molecule has 0 aromatic heterocycles. The number of hydrogen-bond donors (Lipinski definition) is 1. The van der Waals surface area contributed by atoms with Crippen LogP contribution in [0.25, 0.3) is 0 Å². The van der Waals surface area contributed by atoms with Crippen molar-refractivity contribution in [2.75, 3.05) is 0 Å². The van der Waals surface area contributed by atoms with E-state index in [-0.39, 0.29) is 11.2 Å². The highest BCUT2D eigenvalue weighted by molar-refractivity contribution is 8.01. The van der Waals surface area contributed by atoms with Crippen LogP contribution >= 0.6 is 23.4 Å². The molecule has 2 aromatic carbocycles. The van der Waals surface area contributed by atoms with Crippen LogP contribution in [0.2, 0.25) is 5.02 Å². The highest BCUT2D eigenvalue weighted by atomic mass is 35.5. The van der Waals surface area contributed by atoms with Crippen LogP contribution in [-0.4, -0.2) is 11.2 Å². The van der Waals surface area contributed by atoms with Gasteiger partial charge < -0.3 is 5.32 Å². The van der Waals surface area contributed by atoms with Crippen molar-refractivity contribution >= 4 is 29.3 Å². The van der Waals surface area contributed by atoms with Gasteiger partial charge in [-0.3, -0.25) is 4.79 Å². The summed E-state index contributed by atoms with van der Waals surface area (Å²) < 4.78 is 0. The van der Waals surface area contributed by atoms with Gasteiger partial charge in [-0.25, -0.2) is 0 Å². The van der Waals surface area contributed by atoms with Crippen molar-refractivity contribution in [1.29, 1.82) is 0 Å². The van der Waals surface area contributed by atoms with Crippen molar-refractivity contribution in [3.05, 3.63) is 64.7 Å². The minimum atomic E-state index is -0.0142. The third kappa shape index (κ3) is 3.00. The number of nitrogens with one attached hydrogen (secondary N) is 1. The zero-order valence-corrected chi connectivity index (χ0v) is 12.4. The maximum Gasteiger partial charge on any atom is 0.234 e. The van der Waals surface area contributed by atoms with E-state index in [1.54, 1.807) is 11.8 Å². The first-order valence-electron chi connectivity index (χ1n) is 6.49. The Balaban J connectivity index is 1.57. The minimum Gasteiger partial charge on any atom is -0.351 e. The molecule has 1 amide bonds. The number of benzene rings is 2. The highest BCUT2D eigenvalue weighted by Gasteiger charge is 2.27. The van der Waals surface area contributed by atoms with Gasteiger partial charge in [0, 0.05) is 16.5 Å². The number of carbonyl (C=O) groups is 1. The number of carbonyl (C=O) groups excluding carboxylic acids is 1. The number of fused-ring (bicyclic) bond motifs is 1. The van der Waals surface area contributed by atoms with Crippen molar-refractivity contribution in [3.8, 4) is 0 Å². The van der Waals surface area contributed by atoms with Crippen LogP contribution in [0.1, 0.15) is 11.1 Å². The molecule has 0 fully saturated rings. The zero-order chi connectivity index (χ0) is 13.9. The Morgan fingerprint density at radius 1 is 1.20 bits per heavy atom. The molecule has 0 aliphatic carbocycles. The van der Waals surface area contributed by atoms with E-state index in [9.17, 15) is 4.79 Å². The Hall–Kier alpha value is -1.45. The lowest BCUT2D eigenvalue weighted by atomic mass is 10.1. The number of hydrogen-bond acceptors (Lipinski definition) is 2. The number of halogens is 1. The molecule has 1 heterocycles.